The first-order valence-corrected chi connectivity index (χ1v) is 6.93. The van der Waals surface area contributed by atoms with Crippen molar-refractivity contribution in [1.82, 2.24) is 0 Å². The van der Waals surface area contributed by atoms with Gasteiger partial charge < -0.3 is 9.80 Å². The third-order valence-corrected chi connectivity index (χ3v) is 3.70. The van der Waals surface area contributed by atoms with Crippen LogP contribution < -0.4 is 9.80 Å². The molecule has 0 aromatic heterocycles. The molecule has 0 saturated heterocycles. The molecule has 1 aliphatic rings. The zero-order chi connectivity index (χ0) is 12.4. The van der Waals surface area contributed by atoms with Gasteiger partial charge in [0.2, 0.25) is 0 Å². The van der Waals surface area contributed by atoms with Gasteiger partial charge >= 0.3 is 0 Å². The zero-order valence-electron chi connectivity index (χ0n) is 9.83. The molecule has 3 rings (SSSR count). The Labute approximate surface area is 121 Å². The number of benzene rings is 2. The van der Waals surface area contributed by atoms with Crippen molar-refractivity contribution in [3.05, 3.63) is 70.6 Å². The van der Waals surface area contributed by atoms with Crippen molar-refractivity contribution in [3.63, 3.8) is 0 Å². The van der Waals surface area contributed by atoms with Gasteiger partial charge in [0.15, 0.2) is 0 Å². The van der Waals surface area contributed by atoms with Crippen molar-refractivity contribution in [2.24, 2.45) is 0 Å². The van der Waals surface area contributed by atoms with Gasteiger partial charge in [-0.15, -0.1) is 0 Å². The lowest BCUT2D eigenvalue weighted by molar-refractivity contribution is 0.975. The van der Waals surface area contributed by atoms with E-state index in [1.54, 1.807) is 0 Å². The second-order valence-corrected chi connectivity index (χ2v) is 5.44. The van der Waals surface area contributed by atoms with E-state index in [9.17, 15) is 0 Å². The maximum Gasteiger partial charge on any atom is 0.0989 e. The van der Waals surface area contributed by atoms with Gasteiger partial charge in [-0.3, -0.25) is 0 Å². The SMILES string of the molecule is Ic1ccc(N2C=CN(c3ccccc3)C2)cc1. The molecule has 0 amide bonds. The highest BCUT2D eigenvalue weighted by molar-refractivity contribution is 14.1. The highest BCUT2D eigenvalue weighted by atomic mass is 127. The predicted octanol–water partition coefficient (Wildman–Crippen LogP) is 4.05. The van der Waals surface area contributed by atoms with E-state index >= 15 is 0 Å². The number of nitrogens with zero attached hydrogens (tertiary/aromatic N) is 2. The molecule has 2 aromatic rings. The number of rotatable bonds is 2. The van der Waals surface area contributed by atoms with Crippen molar-refractivity contribution >= 4 is 34.0 Å². The van der Waals surface area contributed by atoms with Crippen LogP contribution in [0.15, 0.2) is 67.0 Å². The van der Waals surface area contributed by atoms with Crippen LogP contribution in [0.5, 0.6) is 0 Å². The summed E-state index contributed by atoms with van der Waals surface area (Å²) in [6.45, 7) is 0.866. The van der Waals surface area contributed by atoms with Gasteiger partial charge in [-0.1, -0.05) is 18.2 Å². The Bertz CT molecular complexity index is 548. The molecule has 1 aliphatic heterocycles. The van der Waals surface area contributed by atoms with E-state index in [0.717, 1.165) is 6.67 Å². The average molecular weight is 348 g/mol. The lowest BCUT2D eigenvalue weighted by atomic mass is 10.3. The normalized spacial score (nSPS) is 14.3. The Kier molecular flexibility index (Phi) is 3.23. The smallest absolute Gasteiger partial charge is 0.0989 e. The Hall–Kier alpha value is -1.49. The Morgan fingerprint density at radius 3 is 1.89 bits per heavy atom. The predicted molar refractivity (Wildman–Crippen MR) is 84.6 cm³/mol. The molecule has 0 aliphatic carbocycles. The lowest BCUT2D eigenvalue weighted by Gasteiger charge is -2.21. The summed E-state index contributed by atoms with van der Waals surface area (Å²) in [4.78, 5) is 4.47. The molecule has 90 valence electrons. The molecule has 3 heteroatoms. The van der Waals surface area contributed by atoms with Crippen molar-refractivity contribution in [1.29, 1.82) is 0 Å². The third-order valence-electron chi connectivity index (χ3n) is 2.98. The molecule has 0 atom stereocenters. The van der Waals surface area contributed by atoms with E-state index in [1.807, 2.05) is 6.07 Å². The Morgan fingerprint density at radius 2 is 1.28 bits per heavy atom. The Balaban J connectivity index is 1.77. The van der Waals surface area contributed by atoms with Gasteiger partial charge in [-0.2, -0.15) is 0 Å². The van der Waals surface area contributed by atoms with Crippen LogP contribution in [-0.2, 0) is 0 Å². The van der Waals surface area contributed by atoms with Crippen LogP contribution in [0.1, 0.15) is 0 Å². The molecule has 18 heavy (non-hydrogen) atoms. The fourth-order valence-corrected chi connectivity index (χ4v) is 2.37. The minimum absolute atomic E-state index is 0.866. The summed E-state index contributed by atoms with van der Waals surface area (Å²) >= 11 is 2.33. The molecular formula is C15H13IN2. The highest BCUT2D eigenvalue weighted by Gasteiger charge is 2.14. The monoisotopic (exact) mass is 348 g/mol. The van der Waals surface area contributed by atoms with E-state index in [1.165, 1.54) is 14.9 Å². The standard InChI is InChI=1S/C15H13IN2/c16-13-6-8-15(9-7-13)18-11-10-17(12-18)14-4-2-1-3-5-14/h1-11H,12H2. The maximum atomic E-state index is 2.33. The quantitative estimate of drug-likeness (QED) is 0.756. The first-order chi connectivity index (χ1) is 8.83. The number of halogens is 1. The number of para-hydroxylation sites is 1. The first kappa shape index (κ1) is 11.6. The molecule has 2 nitrogen and oxygen atoms in total. The van der Waals surface area contributed by atoms with E-state index < -0.39 is 0 Å². The van der Waals surface area contributed by atoms with Gasteiger partial charge in [0, 0.05) is 27.3 Å². The molecule has 1 heterocycles. The molecule has 0 fully saturated rings. The fraction of sp³-hybridized carbons (Fsp3) is 0.0667. The average Bonchev–Trinajstić information content (AvgIpc) is 2.90. The lowest BCUT2D eigenvalue weighted by Crippen LogP contribution is -2.24. The van der Waals surface area contributed by atoms with Crippen LogP contribution >= 0.6 is 22.6 Å². The minimum atomic E-state index is 0.866. The first-order valence-electron chi connectivity index (χ1n) is 5.85. The Morgan fingerprint density at radius 1 is 0.722 bits per heavy atom. The zero-order valence-corrected chi connectivity index (χ0v) is 12.0. The largest absolute Gasteiger partial charge is 0.328 e. The molecular weight excluding hydrogens is 335 g/mol. The second-order valence-electron chi connectivity index (χ2n) is 4.19. The number of hydrogen-bond donors (Lipinski definition) is 0. The summed E-state index contributed by atoms with van der Waals surface area (Å²) in [6, 6.07) is 19.0. The van der Waals surface area contributed by atoms with Gasteiger partial charge in [0.25, 0.3) is 0 Å². The summed E-state index contributed by atoms with van der Waals surface area (Å²) in [5.74, 6) is 0. The van der Waals surface area contributed by atoms with Crippen LogP contribution in [0.4, 0.5) is 11.4 Å². The van der Waals surface area contributed by atoms with Gasteiger partial charge in [0.1, 0.15) is 0 Å². The van der Waals surface area contributed by atoms with Gasteiger partial charge in [-0.05, 0) is 59.0 Å². The van der Waals surface area contributed by atoms with E-state index in [4.69, 9.17) is 0 Å². The molecule has 2 aromatic carbocycles. The molecule has 0 spiro atoms. The number of anilines is 2. The molecule has 0 bridgehead atoms. The summed E-state index contributed by atoms with van der Waals surface area (Å²) in [5.41, 5.74) is 2.45. The number of hydrogen-bond acceptors (Lipinski definition) is 2. The van der Waals surface area contributed by atoms with Crippen molar-refractivity contribution < 1.29 is 0 Å². The topological polar surface area (TPSA) is 6.48 Å². The van der Waals surface area contributed by atoms with Crippen LogP contribution in [0.25, 0.3) is 0 Å². The maximum absolute atomic E-state index is 2.33. The summed E-state index contributed by atoms with van der Waals surface area (Å²) in [5, 5.41) is 0. The van der Waals surface area contributed by atoms with E-state index in [2.05, 4.69) is 93.3 Å². The van der Waals surface area contributed by atoms with Crippen LogP contribution in [-0.4, -0.2) is 6.67 Å². The molecule has 0 saturated carbocycles. The minimum Gasteiger partial charge on any atom is -0.328 e. The fourth-order valence-electron chi connectivity index (χ4n) is 2.01. The van der Waals surface area contributed by atoms with E-state index in [-0.39, 0.29) is 0 Å². The molecule has 0 N–H and O–H groups in total. The van der Waals surface area contributed by atoms with E-state index in [0.29, 0.717) is 0 Å². The highest BCUT2D eigenvalue weighted by Crippen LogP contribution is 2.24. The molecule has 0 radical (unpaired) electrons. The van der Waals surface area contributed by atoms with Crippen LogP contribution in [0, 0.1) is 3.57 Å². The van der Waals surface area contributed by atoms with Crippen LogP contribution in [0.3, 0.4) is 0 Å². The van der Waals surface area contributed by atoms with Gasteiger partial charge in [-0.25, -0.2) is 0 Å². The molecule has 0 unspecified atom stereocenters. The van der Waals surface area contributed by atoms with Crippen molar-refractivity contribution in [2.75, 3.05) is 16.5 Å². The summed E-state index contributed by atoms with van der Waals surface area (Å²) in [6.07, 6.45) is 4.24. The third kappa shape index (κ3) is 2.36. The van der Waals surface area contributed by atoms with Crippen molar-refractivity contribution in [2.45, 2.75) is 0 Å². The summed E-state index contributed by atoms with van der Waals surface area (Å²) < 4.78 is 1.26. The van der Waals surface area contributed by atoms with Crippen LogP contribution in [0.2, 0.25) is 0 Å². The van der Waals surface area contributed by atoms with Gasteiger partial charge in [0.05, 0.1) is 6.67 Å². The second kappa shape index (κ2) is 5.02. The van der Waals surface area contributed by atoms with Crippen molar-refractivity contribution in [3.8, 4) is 0 Å². The summed E-state index contributed by atoms with van der Waals surface area (Å²) in [7, 11) is 0.